The second-order valence-corrected chi connectivity index (χ2v) is 20.8. The predicted octanol–water partition coefficient (Wildman–Crippen LogP) is 9.44. The monoisotopic (exact) mass is 1030 g/mol. The van der Waals surface area contributed by atoms with E-state index in [0.717, 1.165) is 44.9 Å². The standard InChI is InChI=1S/C58H107NO13/c1-3-5-7-9-11-13-15-17-19-21-23-25-27-29-31-33-35-37-39-41-47(62)46(59-50(63)42-40-38-36-34-32-30-28-26-24-22-20-18-16-14-12-10-8-6-4-2)45-69-57-55(68)53(66)56(49(44-61)71-57)72-58-54(67)52(65)51(64)48(43-60)70-58/h23,25,31,33,39,41,46-49,51-58,60-62,64-68H,3-22,24,26-30,32,34-38,40,42-45H2,1-2H3,(H,59,63)/b25-23+,33-31+,41-39+. The zero-order chi connectivity index (χ0) is 52.4. The van der Waals surface area contributed by atoms with Gasteiger partial charge in [-0.3, -0.25) is 4.79 Å². The zero-order valence-electron chi connectivity index (χ0n) is 45.2. The molecule has 0 radical (unpaired) electrons. The topological polar surface area (TPSA) is 228 Å². The van der Waals surface area contributed by atoms with Gasteiger partial charge < -0.3 is 65.1 Å². The van der Waals surface area contributed by atoms with Gasteiger partial charge in [-0.2, -0.15) is 0 Å². The van der Waals surface area contributed by atoms with E-state index in [1.165, 1.54) is 154 Å². The summed E-state index contributed by atoms with van der Waals surface area (Å²) in [6.45, 7) is 2.79. The molecular formula is C58H107NO13. The van der Waals surface area contributed by atoms with Crippen molar-refractivity contribution in [2.45, 2.75) is 306 Å². The van der Waals surface area contributed by atoms with Crippen LogP contribution < -0.4 is 5.32 Å². The molecule has 0 aromatic carbocycles. The van der Waals surface area contributed by atoms with E-state index in [9.17, 15) is 45.6 Å². The van der Waals surface area contributed by atoms with Gasteiger partial charge in [-0.1, -0.05) is 217 Å². The molecule has 2 rings (SSSR count). The number of allylic oxidation sites excluding steroid dienone is 5. The maximum atomic E-state index is 13.2. The van der Waals surface area contributed by atoms with E-state index in [0.29, 0.717) is 12.8 Å². The Morgan fingerprint density at radius 1 is 0.486 bits per heavy atom. The largest absolute Gasteiger partial charge is 0.394 e. The molecule has 422 valence electrons. The van der Waals surface area contributed by atoms with Gasteiger partial charge >= 0.3 is 0 Å². The molecule has 14 nitrogen and oxygen atoms in total. The maximum absolute atomic E-state index is 13.2. The quantitative estimate of drug-likeness (QED) is 0.0205. The van der Waals surface area contributed by atoms with Crippen molar-refractivity contribution < 1.29 is 64.6 Å². The first-order chi connectivity index (χ1) is 35.1. The Morgan fingerprint density at radius 2 is 0.889 bits per heavy atom. The summed E-state index contributed by atoms with van der Waals surface area (Å²) in [6, 6.07) is -0.935. The molecule has 72 heavy (non-hydrogen) atoms. The number of ether oxygens (including phenoxy) is 4. The summed E-state index contributed by atoms with van der Waals surface area (Å²) in [5.74, 6) is -0.250. The molecule has 2 heterocycles. The lowest BCUT2D eigenvalue weighted by molar-refractivity contribution is -0.359. The van der Waals surface area contributed by atoms with Crippen LogP contribution in [0.15, 0.2) is 36.5 Å². The number of aliphatic hydroxyl groups is 8. The van der Waals surface area contributed by atoms with Gasteiger partial charge in [0.1, 0.15) is 48.8 Å². The average Bonchev–Trinajstić information content (AvgIpc) is 3.38. The molecule has 2 fully saturated rings. The van der Waals surface area contributed by atoms with Crippen molar-refractivity contribution in [3.8, 4) is 0 Å². The van der Waals surface area contributed by atoms with Crippen molar-refractivity contribution in [2.24, 2.45) is 0 Å². The van der Waals surface area contributed by atoms with Crippen LogP contribution in [0.25, 0.3) is 0 Å². The highest BCUT2D eigenvalue weighted by Gasteiger charge is 2.51. The molecule has 0 aromatic heterocycles. The number of hydrogen-bond donors (Lipinski definition) is 9. The highest BCUT2D eigenvalue weighted by molar-refractivity contribution is 5.76. The zero-order valence-corrected chi connectivity index (χ0v) is 45.2. The summed E-state index contributed by atoms with van der Waals surface area (Å²) >= 11 is 0. The van der Waals surface area contributed by atoms with E-state index in [1.807, 2.05) is 6.08 Å². The van der Waals surface area contributed by atoms with Gasteiger partial charge in [-0.25, -0.2) is 0 Å². The number of amides is 1. The highest BCUT2D eigenvalue weighted by Crippen LogP contribution is 2.30. The summed E-state index contributed by atoms with van der Waals surface area (Å²) in [5.41, 5.74) is 0. The molecule has 2 aliphatic rings. The van der Waals surface area contributed by atoms with Crippen LogP contribution in [0.2, 0.25) is 0 Å². The second-order valence-electron chi connectivity index (χ2n) is 20.8. The molecule has 9 N–H and O–H groups in total. The SMILES string of the molecule is CCCCCCCCCCC/C=C/CC/C=C/CC/C=C/C(O)C(COC1OC(CO)C(OC2OC(CO)C(O)C(O)C2O)C(O)C1O)NC(=O)CCCCCCCCCCCCCCCCCCCCC. The molecule has 1 amide bonds. The van der Waals surface area contributed by atoms with E-state index in [1.54, 1.807) is 6.08 Å². The molecule has 12 unspecified atom stereocenters. The van der Waals surface area contributed by atoms with Gasteiger partial charge in [0.2, 0.25) is 5.91 Å². The summed E-state index contributed by atoms with van der Waals surface area (Å²) in [6.07, 6.45) is 36.1. The molecule has 14 heteroatoms. The number of unbranched alkanes of at least 4 members (excludes halogenated alkanes) is 29. The third-order valence-corrected chi connectivity index (χ3v) is 14.3. The molecular weight excluding hydrogens is 919 g/mol. The predicted molar refractivity (Wildman–Crippen MR) is 286 cm³/mol. The van der Waals surface area contributed by atoms with Crippen LogP contribution in [0, 0.1) is 0 Å². The van der Waals surface area contributed by atoms with Gasteiger partial charge in [-0.15, -0.1) is 0 Å². The van der Waals surface area contributed by atoms with Gasteiger partial charge in [0.05, 0.1) is 32.0 Å². The first kappa shape index (κ1) is 66.3. The molecule has 2 aliphatic heterocycles. The molecule has 0 aliphatic carbocycles. The highest BCUT2D eigenvalue weighted by atomic mass is 16.7. The molecule has 0 saturated carbocycles. The fourth-order valence-corrected chi connectivity index (χ4v) is 9.56. The van der Waals surface area contributed by atoms with Gasteiger partial charge in [0.15, 0.2) is 12.6 Å². The number of aliphatic hydroxyl groups excluding tert-OH is 8. The Balaban J connectivity index is 1.81. The molecule has 0 bridgehead atoms. The minimum Gasteiger partial charge on any atom is -0.394 e. The Hall–Kier alpha value is -1.79. The molecule has 0 spiro atoms. The van der Waals surface area contributed by atoms with Crippen LogP contribution in [0.4, 0.5) is 0 Å². The lowest BCUT2D eigenvalue weighted by Crippen LogP contribution is -2.65. The number of nitrogens with one attached hydrogen (secondary N) is 1. The van der Waals surface area contributed by atoms with E-state index in [2.05, 4.69) is 43.5 Å². The van der Waals surface area contributed by atoms with Crippen LogP contribution in [-0.4, -0.2) is 140 Å². The van der Waals surface area contributed by atoms with Crippen molar-refractivity contribution in [1.29, 1.82) is 0 Å². The van der Waals surface area contributed by atoms with Crippen LogP contribution in [0.1, 0.15) is 232 Å². The summed E-state index contributed by atoms with van der Waals surface area (Å²) in [4.78, 5) is 13.2. The summed E-state index contributed by atoms with van der Waals surface area (Å²) in [7, 11) is 0. The van der Waals surface area contributed by atoms with Crippen molar-refractivity contribution in [3.05, 3.63) is 36.5 Å². The number of hydrogen-bond acceptors (Lipinski definition) is 13. The van der Waals surface area contributed by atoms with E-state index in [-0.39, 0.29) is 18.9 Å². The van der Waals surface area contributed by atoms with Crippen molar-refractivity contribution >= 4 is 5.91 Å². The molecule has 2 saturated heterocycles. The number of carbonyl (C=O) groups is 1. The van der Waals surface area contributed by atoms with Crippen LogP contribution in [0.5, 0.6) is 0 Å². The van der Waals surface area contributed by atoms with Crippen LogP contribution >= 0.6 is 0 Å². The minimum absolute atomic E-state index is 0.250. The first-order valence-corrected chi connectivity index (χ1v) is 29.2. The third-order valence-electron chi connectivity index (χ3n) is 14.3. The van der Waals surface area contributed by atoms with Crippen molar-refractivity contribution in [1.82, 2.24) is 5.32 Å². The number of carbonyl (C=O) groups excluding carboxylic acids is 1. The fourth-order valence-electron chi connectivity index (χ4n) is 9.56. The minimum atomic E-state index is -1.79. The normalized spacial score (nSPS) is 25.8. The average molecular weight is 1030 g/mol. The van der Waals surface area contributed by atoms with Crippen molar-refractivity contribution in [3.63, 3.8) is 0 Å². The smallest absolute Gasteiger partial charge is 0.220 e. The fraction of sp³-hybridized carbons (Fsp3) is 0.879. The third kappa shape index (κ3) is 30.1. The van der Waals surface area contributed by atoms with Crippen LogP contribution in [-0.2, 0) is 23.7 Å². The Bertz CT molecular complexity index is 1350. The van der Waals surface area contributed by atoms with E-state index in [4.69, 9.17) is 18.9 Å². The van der Waals surface area contributed by atoms with Gasteiger partial charge in [0, 0.05) is 6.42 Å². The van der Waals surface area contributed by atoms with Crippen LogP contribution in [0.3, 0.4) is 0 Å². The summed E-state index contributed by atoms with van der Waals surface area (Å²) in [5, 5.41) is 87.0. The number of rotatable bonds is 46. The Morgan fingerprint density at radius 3 is 1.36 bits per heavy atom. The van der Waals surface area contributed by atoms with E-state index < -0.39 is 86.8 Å². The van der Waals surface area contributed by atoms with Gasteiger partial charge in [-0.05, 0) is 44.9 Å². The van der Waals surface area contributed by atoms with E-state index >= 15 is 0 Å². The Kier molecular flexibility index (Phi) is 40.9. The lowest BCUT2D eigenvalue weighted by Gasteiger charge is -2.46. The summed E-state index contributed by atoms with van der Waals surface area (Å²) < 4.78 is 22.7. The first-order valence-electron chi connectivity index (χ1n) is 29.2. The Labute approximate surface area is 436 Å². The maximum Gasteiger partial charge on any atom is 0.220 e. The molecule has 12 atom stereocenters. The second kappa shape index (κ2) is 44.3. The molecule has 0 aromatic rings. The van der Waals surface area contributed by atoms with Crippen molar-refractivity contribution in [2.75, 3.05) is 19.8 Å². The lowest BCUT2D eigenvalue weighted by atomic mass is 9.97. The van der Waals surface area contributed by atoms with Gasteiger partial charge in [0.25, 0.3) is 0 Å².